The number of nitrogens with zero attached hydrogens (tertiary/aromatic N) is 2. The zero-order chi connectivity index (χ0) is 14.4. The van der Waals surface area contributed by atoms with Gasteiger partial charge in [-0.2, -0.15) is 0 Å². The fraction of sp³-hybridized carbons (Fsp3) is 0.462. The van der Waals surface area contributed by atoms with Gasteiger partial charge in [0.1, 0.15) is 4.60 Å². The Hall–Kier alpha value is -1.43. The minimum absolute atomic E-state index is 0.00778. The first-order chi connectivity index (χ1) is 8.93. The number of hydrogen-bond donors (Lipinski definition) is 1. The molecule has 0 unspecified atom stereocenters. The number of aromatic nitrogens is 1. The molecule has 0 aromatic carbocycles. The molecule has 0 fully saturated rings. The zero-order valence-electron chi connectivity index (χ0n) is 11.0. The first-order valence-electron chi connectivity index (χ1n) is 6.06. The minimum atomic E-state index is -0.848. The summed E-state index contributed by atoms with van der Waals surface area (Å²) in [6, 6.07) is 3.41. The van der Waals surface area contributed by atoms with Gasteiger partial charge in [0.2, 0.25) is 0 Å². The van der Waals surface area contributed by atoms with E-state index in [-0.39, 0.29) is 18.4 Å². The number of carboxylic acid groups (broad SMARTS) is 1. The van der Waals surface area contributed by atoms with Crippen LogP contribution in [0.4, 0.5) is 0 Å². The Kier molecular flexibility index (Phi) is 5.95. The second-order valence-corrected chi connectivity index (χ2v) is 5.18. The van der Waals surface area contributed by atoms with Gasteiger partial charge in [-0.05, 0) is 48.3 Å². The van der Waals surface area contributed by atoms with E-state index in [9.17, 15) is 9.59 Å². The number of carbonyl (C=O) groups excluding carboxylic acids is 1. The van der Waals surface area contributed by atoms with Gasteiger partial charge in [0.05, 0.1) is 5.56 Å². The Labute approximate surface area is 120 Å². The molecule has 1 N–H and O–H groups in total. The van der Waals surface area contributed by atoms with Crippen LogP contribution in [-0.2, 0) is 4.79 Å². The van der Waals surface area contributed by atoms with E-state index in [1.165, 1.54) is 0 Å². The molecule has 1 aromatic rings. The molecule has 0 spiro atoms. The van der Waals surface area contributed by atoms with Gasteiger partial charge in [-0.3, -0.25) is 9.59 Å². The van der Waals surface area contributed by atoms with Crippen LogP contribution in [-0.4, -0.2) is 39.5 Å². The molecule has 1 heterocycles. The van der Waals surface area contributed by atoms with E-state index < -0.39 is 5.97 Å². The van der Waals surface area contributed by atoms with Crippen LogP contribution in [0.15, 0.2) is 22.9 Å². The molecular weight excluding hydrogens is 312 g/mol. The summed E-state index contributed by atoms with van der Waals surface area (Å²) in [6.45, 7) is 4.23. The minimum Gasteiger partial charge on any atom is -0.481 e. The Morgan fingerprint density at radius 1 is 1.47 bits per heavy atom. The quantitative estimate of drug-likeness (QED) is 0.814. The second-order valence-electron chi connectivity index (χ2n) is 4.43. The largest absolute Gasteiger partial charge is 0.481 e. The van der Waals surface area contributed by atoms with Crippen LogP contribution in [0.5, 0.6) is 0 Å². The third-order valence-electron chi connectivity index (χ3n) is 2.66. The number of carboxylic acids is 1. The maximum Gasteiger partial charge on any atom is 0.303 e. The van der Waals surface area contributed by atoms with E-state index >= 15 is 0 Å². The maximum absolute atomic E-state index is 12.4. The average Bonchev–Trinajstić information content (AvgIpc) is 2.33. The summed E-state index contributed by atoms with van der Waals surface area (Å²) in [5.41, 5.74) is 0.492. The van der Waals surface area contributed by atoms with E-state index in [1.54, 1.807) is 23.2 Å². The van der Waals surface area contributed by atoms with Crippen molar-refractivity contribution in [1.29, 1.82) is 0 Å². The molecular formula is C13H17BrN2O3. The van der Waals surface area contributed by atoms with E-state index in [4.69, 9.17) is 5.11 Å². The third-order valence-corrected chi connectivity index (χ3v) is 3.30. The van der Waals surface area contributed by atoms with Crippen molar-refractivity contribution in [1.82, 2.24) is 9.88 Å². The molecule has 0 aliphatic carbocycles. The molecule has 104 valence electrons. The highest BCUT2D eigenvalue weighted by Crippen LogP contribution is 2.17. The zero-order valence-corrected chi connectivity index (χ0v) is 12.6. The summed E-state index contributed by atoms with van der Waals surface area (Å²) in [5.74, 6) is -0.987. The van der Waals surface area contributed by atoms with Gasteiger partial charge in [0, 0.05) is 25.2 Å². The van der Waals surface area contributed by atoms with Crippen molar-refractivity contribution in [3.63, 3.8) is 0 Å². The van der Waals surface area contributed by atoms with Crippen LogP contribution >= 0.6 is 15.9 Å². The van der Waals surface area contributed by atoms with Crippen LogP contribution in [0.3, 0.4) is 0 Å². The molecule has 19 heavy (non-hydrogen) atoms. The highest BCUT2D eigenvalue weighted by atomic mass is 79.9. The molecule has 0 saturated heterocycles. The Morgan fingerprint density at radius 3 is 2.68 bits per heavy atom. The van der Waals surface area contributed by atoms with Crippen molar-refractivity contribution in [2.24, 2.45) is 0 Å². The number of pyridine rings is 1. The summed E-state index contributed by atoms with van der Waals surface area (Å²) >= 11 is 3.25. The van der Waals surface area contributed by atoms with Crippen molar-refractivity contribution in [2.45, 2.75) is 32.7 Å². The van der Waals surface area contributed by atoms with Crippen LogP contribution in [0.1, 0.15) is 37.0 Å². The Bertz CT molecular complexity index is 463. The van der Waals surface area contributed by atoms with Gasteiger partial charge in [-0.15, -0.1) is 0 Å². The van der Waals surface area contributed by atoms with Crippen molar-refractivity contribution in [2.75, 3.05) is 6.54 Å². The Balaban J connectivity index is 2.79. The molecule has 1 rings (SSSR count). The van der Waals surface area contributed by atoms with Crippen LogP contribution in [0.2, 0.25) is 0 Å². The molecule has 1 aromatic heterocycles. The molecule has 0 aliphatic rings. The molecule has 0 bridgehead atoms. The van der Waals surface area contributed by atoms with Gasteiger partial charge in [0.25, 0.3) is 5.91 Å². The monoisotopic (exact) mass is 328 g/mol. The fourth-order valence-electron chi connectivity index (χ4n) is 1.70. The number of hydrogen-bond acceptors (Lipinski definition) is 3. The predicted molar refractivity (Wildman–Crippen MR) is 75.0 cm³/mol. The van der Waals surface area contributed by atoms with Crippen molar-refractivity contribution in [3.8, 4) is 0 Å². The van der Waals surface area contributed by atoms with Crippen LogP contribution in [0.25, 0.3) is 0 Å². The average molecular weight is 329 g/mol. The Morgan fingerprint density at radius 2 is 2.16 bits per heavy atom. The molecule has 5 nitrogen and oxygen atoms in total. The normalized spacial score (nSPS) is 10.5. The molecule has 0 aliphatic heterocycles. The fourth-order valence-corrected chi connectivity index (χ4v) is 2.12. The highest BCUT2D eigenvalue weighted by molar-refractivity contribution is 9.10. The van der Waals surface area contributed by atoms with Gasteiger partial charge in [0.15, 0.2) is 0 Å². The first-order valence-corrected chi connectivity index (χ1v) is 6.86. The number of carbonyl (C=O) groups is 2. The number of amides is 1. The first kappa shape index (κ1) is 15.6. The van der Waals surface area contributed by atoms with E-state index in [1.807, 2.05) is 13.8 Å². The lowest BCUT2D eigenvalue weighted by Gasteiger charge is -2.26. The number of rotatable bonds is 6. The SMILES string of the molecule is CC(C)N(CCCC(=O)O)C(=O)c1cccnc1Br. The molecule has 0 saturated carbocycles. The lowest BCUT2D eigenvalue weighted by molar-refractivity contribution is -0.137. The van der Waals surface area contributed by atoms with E-state index in [0.29, 0.717) is 23.1 Å². The van der Waals surface area contributed by atoms with Gasteiger partial charge < -0.3 is 10.0 Å². The third kappa shape index (κ3) is 4.63. The second kappa shape index (κ2) is 7.23. The van der Waals surface area contributed by atoms with Crippen molar-refractivity contribution in [3.05, 3.63) is 28.5 Å². The topological polar surface area (TPSA) is 70.5 Å². The van der Waals surface area contributed by atoms with Crippen molar-refractivity contribution >= 4 is 27.8 Å². The number of aliphatic carboxylic acids is 1. The molecule has 1 amide bonds. The molecule has 6 heteroatoms. The van der Waals surface area contributed by atoms with Crippen LogP contribution in [0, 0.1) is 0 Å². The summed E-state index contributed by atoms with van der Waals surface area (Å²) in [7, 11) is 0. The van der Waals surface area contributed by atoms with Crippen molar-refractivity contribution < 1.29 is 14.7 Å². The maximum atomic E-state index is 12.4. The molecule has 0 radical (unpaired) electrons. The summed E-state index contributed by atoms with van der Waals surface area (Å²) < 4.78 is 0.504. The predicted octanol–water partition coefficient (Wildman–Crippen LogP) is 2.56. The highest BCUT2D eigenvalue weighted by Gasteiger charge is 2.20. The summed E-state index contributed by atoms with van der Waals surface area (Å²) in [5, 5.41) is 8.64. The van der Waals surface area contributed by atoms with E-state index in [0.717, 1.165) is 0 Å². The van der Waals surface area contributed by atoms with Gasteiger partial charge >= 0.3 is 5.97 Å². The standard InChI is InChI=1S/C13H17BrN2O3/c1-9(2)16(8-4-6-11(17)18)13(19)10-5-3-7-15-12(10)14/h3,5,7,9H,4,6,8H2,1-2H3,(H,17,18). The number of halogens is 1. The lowest BCUT2D eigenvalue weighted by Crippen LogP contribution is -2.38. The van der Waals surface area contributed by atoms with Gasteiger partial charge in [-0.1, -0.05) is 0 Å². The van der Waals surface area contributed by atoms with Gasteiger partial charge in [-0.25, -0.2) is 4.98 Å². The lowest BCUT2D eigenvalue weighted by atomic mass is 10.2. The molecule has 0 atom stereocenters. The van der Waals surface area contributed by atoms with E-state index in [2.05, 4.69) is 20.9 Å². The smallest absolute Gasteiger partial charge is 0.303 e. The summed E-state index contributed by atoms with van der Waals surface area (Å²) in [6.07, 6.45) is 2.10. The van der Waals surface area contributed by atoms with Crippen LogP contribution < -0.4 is 0 Å². The summed E-state index contributed by atoms with van der Waals surface area (Å²) in [4.78, 5) is 28.6.